The molecule has 1 amide bonds. The number of amides is 1. The fourth-order valence-corrected chi connectivity index (χ4v) is 2.40. The van der Waals surface area contributed by atoms with Crippen LogP contribution >= 0.6 is 0 Å². The summed E-state index contributed by atoms with van der Waals surface area (Å²) in [7, 11) is 1.81. The number of pyridine rings is 1. The molecule has 19 heavy (non-hydrogen) atoms. The first-order valence-electron chi connectivity index (χ1n) is 6.91. The predicted molar refractivity (Wildman–Crippen MR) is 77.4 cm³/mol. The minimum atomic E-state index is -0.00562. The number of hydrogen-bond acceptors (Lipinski definition) is 3. The average Bonchev–Trinajstić information content (AvgIpc) is 3.16. The summed E-state index contributed by atoms with van der Waals surface area (Å²) in [6, 6.07) is 3.61. The van der Waals surface area contributed by atoms with Crippen molar-refractivity contribution in [2.45, 2.75) is 33.6 Å². The standard InChI is InChI=1S/C15H23N3O/c1-10(2)15(5-6-15)9-17-14(19)12-7-11(3)18-13(8-12)16-4/h7-8,10H,5-6,9H2,1-4H3,(H,16,18)(H,17,19). The Bertz CT molecular complexity index is 478. The third kappa shape index (κ3) is 3.06. The molecule has 0 bridgehead atoms. The molecule has 1 fully saturated rings. The monoisotopic (exact) mass is 261 g/mol. The molecule has 1 aliphatic carbocycles. The molecular formula is C15H23N3O. The van der Waals surface area contributed by atoms with E-state index in [0.717, 1.165) is 18.1 Å². The van der Waals surface area contributed by atoms with Crippen molar-refractivity contribution in [1.29, 1.82) is 0 Å². The largest absolute Gasteiger partial charge is 0.373 e. The maximum absolute atomic E-state index is 12.2. The van der Waals surface area contributed by atoms with Crippen molar-refractivity contribution in [2.75, 3.05) is 18.9 Å². The van der Waals surface area contributed by atoms with Gasteiger partial charge in [-0.1, -0.05) is 13.8 Å². The molecule has 1 saturated carbocycles. The molecule has 0 aliphatic heterocycles. The molecule has 4 heteroatoms. The molecule has 104 valence electrons. The Kier molecular flexibility index (Phi) is 3.78. The number of carbonyl (C=O) groups is 1. The average molecular weight is 261 g/mol. The number of aromatic nitrogens is 1. The molecule has 1 aromatic heterocycles. The number of nitrogens with one attached hydrogen (secondary N) is 2. The highest BCUT2D eigenvalue weighted by Crippen LogP contribution is 2.51. The zero-order valence-electron chi connectivity index (χ0n) is 12.2. The van der Waals surface area contributed by atoms with E-state index in [1.165, 1.54) is 12.8 Å². The summed E-state index contributed by atoms with van der Waals surface area (Å²) in [5.74, 6) is 1.35. The van der Waals surface area contributed by atoms with Crippen molar-refractivity contribution in [2.24, 2.45) is 11.3 Å². The molecule has 4 nitrogen and oxygen atoms in total. The first-order valence-corrected chi connectivity index (χ1v) is 6.91. The van der Waals surface area contributed by atoms with Crippen molar-refractivity contribution < 1.29 is 4.79 Å². The molecule has 0 aromatic carbocycles. The van der Waals surface area contributed by atoms with Gasteiger partial charge in [-0.05, 0) is 43.2 Å². The molecule has 0 radical (unpaired) electrons. The molecule has 1 aromatic rings. The normalized spacial score (nSPS) is 16.3. The van der Waals surface area contributed by atoms with Crippen LogP contribution in [0.5, 0.6) is 0 Å². The van der Waals surface area contributed by atoms with Gasteiger partial charge in [-0.25, -0.2) is 4.98 Å². The van der Waals surface area contributed by atoms with Gasteiger partial charge in [-0.2, -0.15) is 0 Å². The van der Waals surface area contributed by atoms with E-state index in [2.05, 4.69) is 29.5 Å². The van der Waals surface area contributed by atoms with E-state index in [4.69, 9.17) is 0 Å². The Morgan fingerprint density at radius 1 is 1.42 bits per heavy atom. The van der Waals surface area contributed by atoms with Gasteiger partial charge in [0, 0.05) is 24.8 Å². The molecule has 0 unspecified atom stereocenters. The van der Waals surface area contributed by atoms with Gasteiger partial charge in [-0.3, -0.25) is 4.79 Å². The van der Waals surface area contributed by atoms with Crippen LogP contribution in [0.3, 0.4) is 0 Å². The fourth-order valence-electron chi connectivity index (χ4n) is 2.40. The van der Waals surface area contributed by atoms with Gasteiger partial charge in [0.1, 0.15) is 5.82 Å². The second-order valence-corrected chi connectivity index (χ2v) is 5.83. The molecule has 0 atom stereocenters. The van der Waals surface area contributed by atoms with Crippen molar-refractivity contribution in [3.05, 3.63) is 23.4 Å². The first-order chi connectivity index (χ1) is 8.97. The van der Waals surface area contributed by atoms with Gasteiger partial charge in [0.2, 0.25) is 0 Å². The van der Waals surface area contributed by atoms with Gasteiger partial charge in [0.15, 0.2) is 0 Å². The Labute approximate surface area is 115 Å². The van der Waals surface area contributed by atoms with E-state index in [1.807, 2.05) is 13.0 Å². The molecule has 1 heterocycles. The van der Waals surface area contributed by atoms with E-state index >= 15 is 0 Å². The topological polar surface area (TPSA) is 54.0 Å². The van der Waals surface area contributed by atoms with Crippen LogP contribution in [0, 0.1) is 18.3 Å². The van der Waals surface area contributed by atoms with Crippen molar-refractivity contribution in [3.63, 3.8) is 0 Å². The lowest BCUT2D eigenvalue weighted by Gasteiger charge is -2.20. The van der Waals surface area contributed by atoms with E-state index in [1.54, 1.807) is 13.1 Å². The fraction of sp³-hybridized carbons (Fsp3) is 0.600. The summed E-state index contributed by atoms with van der Waals surface area (Å²) < 4.78 is 0. The Balaban J connectivity index is 2.02. The molecule has 0 spiro atoms. The van der Waals surface area contributed by atoms with Gasteiger partial charge < -0.3 is 10.6 Å². The summed E-state index contributed by atoms with van der Waals surface area (Å²) in [5.41, 5.74) is 1.86. The van der Waals surface area contributed by atoms with Crippen LogP contribution in [0.25, 0.3) is 0 Å². The van der Waals surface area contributed by atoms with Crippen LogP contribution in [0.2, 0.25) is 0 Å². The Hall–Kier alpha value is -1.58. The van der Waals surface area contributed by atoms with Crippen molar-refractivity contribution >= 4 is 11.7 Å². The summed E-state index contributed by atoms with van der Waals surface area (Å²) in [4.78, 5) is 16.5. The van der Waals surface area contributed by atoms with Crippen molar-refractivity contribution in [1.82, 2.24) is 10.3 Å². The lowest BCUT2D eigenvalue weighted by Crippen LogP contribution is -2.32. The first kappa shape index (κ1) is 13.8. The molecular weight excluding hydrogens is 238 g/mol. The van der Waals surface area contributed by atoms with Crippen LogP contribution < -0.4 is 10.6 Å². The zero-order valence-corrected chi connectivity index (χ0v) is 12.2. The van der Waals surface area contributed by atoms with Gasteiger partial charge >= 0.3 is 0 Å². The number of aryl methyl sites for hydroxylation is 1. The number of carbonyl (C=O) groups excluding carboxylic acids is 1. The van der Waals surface area contributed by atoms with Crippen LogP contribution in [0.15, 0.2) is 12.1 Å². The van der Waals surface area contributed by atoms with Crippen LogP contribution in [-0.2, 0) is 0 Å². The summed E-state index contributed by atoms with van der Waals surface area (Å²) in [5, 5.41) is 6.04. The maximum atomic E-state index is 12.2. The third-order valence-corrected chi connectivity index (χ3v) is 4.19. The number of rotatable bonds is 5. The second-order valence-electron chi connectivity index (χ2n) is 5.83. The van der Waals surface area contributed by atoms with E-state index < -0.39 is 0 Å². The summed E-state index contributed by atoms with van der Waals surface area (Å²) in [6.45, 7) is 7.14. The highest BCUT2D eigenvalue weighted by atomic mass is 16.1. The number of nitrogens with zero attached hydrogens (tertiary/aromatic N) is 1. The Morgan fingerprint density at radius 2 is 2.11 bits per heavy atom. The SMILES string of the molecule is CNc1cc(C(=O)NCC2(C(C)C)CC2)cc(C)n1. The van der Waals surface area contributed by atoms with Crippen LogP contribution in [-0.4, -0.2) is 24.5 Å². The molecule has 1 aliphatic rings. The second kappa shape index (κ2) is 5.19. The van der Waals surface area contributed by atoms with Gasteiger partial charge in [0.05, 0.1) is 0 Å². The lowest BCUT2D eigenvalue weighted by atomic mass is 9.92. The smallest absolute Gasteiger partial charge is 0.251 e. The van der Waals surface area contributed by atoms with Gasteiger partial charge in [0.25, 0.3) is 5.91 Å². The van der Waals surface area contributed by atoms with Crippen molar-refractivity contribution in [3.8, 4) is 0 Å². The summed E-state index contributed by atoms with van der Waals surface area (Å²) in [6.07, 6.45) is 2.45. The molecule has 2 rings (SSSR count). The maximum Gasteiger partial charge on any atom is 0.251 e. The quantitative estimate of drug-likeness (QED) is 0.856. The highest BCUT2D eigenvalue weighted by Gasteiger charge is 2.45. The predicted octanol–water partition coefficient (Wildman–Crippen LogP) is 2.60. The summed E-state index contributed by atoms with van der Waals surface area (Å²) >= 11 is 0. The number of hydrogen-bond donors (Lipinski definition) is 2. The number of anilines is 1. The Morgan fingerprint density at radius 3 is 2.63 bits per heavy atom. The third-order valence-electron chi connectivity index (χ3n) is 4.19. The van der Waals surface area contributed by atoms with Crippen LogP contribution in [0.4, 0.5) is 5.82 Å². The van der Waals surface area contributed by atoms with E-state index in [9.17, 15) is 4.79 Å². The highest BCUT2D eigenvalue weighted by molar-refractivity contribution is 5.95. The van der Waals surface area contributed by atoms with Crippen LogP contribution in [0.1, 0.15) is 42.7 Å². The zero-order chi connectivity index (χ0) is 14.0. The minimum absolute atomic E-state index is 0.00562. The minimum Gasteiger partial charge on any atom is -0.373 e. The van der Waals surface area contributed by atoms with E-state index in [0.29, 0.717) is 16.9 Å². The lowest BCUT2D eigenvalue weighted by molar-refractivity contribution is 0.0939. The van der Waals surface area contributed by atoms with Gasteiger partial charge in [-0.15, -0.1) is 0 Å². The molecule has 0 saturated heterocycles. The molecule has 2 N–H and O–H groups in total. The van der Waals surface area contributed by atoms with E-state index in [-0.39, 0.29) is 5.91 Å².